The number of aromatic nitrogens is 1. The number of pyridine rings is 1. The Bertz CT molecular complexity index is 1410. The van der Waals surface area contributed by atoms with Gasteiger partial charge in [0.25, 0.3) is 0 Å². The number of nitrogens with zero attached hydrogens (tertiary/aromatic N) is 4. The third-order valence-electron chi connectivity index (χ3n) is 6.64. The van der Waals surface area contributed by atoms with E-state index in [0.717, 1.165) is 13.1 Å². The molecule has 1 aliphatic heterocycles. The van der Waals surface area contributed by atoms with Gasteiger partial charge >= 0.3 is 85.3 Å². The van der Waals surface area contributed by atoms with E-state index in [9.17, 15) is 15.2 Å². The summed E-state index contributed by atoms with van der Waals surface area (Å²) in [5.74, 6) is 0.0144. The van der Waals surface area contributed by atoms with Gasteiger partial charge in [-0.15, -0.1) is 0 Å². The summed E-state index contributed by atoms with van der Waals surface area (Å²) in [5, 5.41) is 19.6. The number of phenols is 1. The fourth-order valence-corrected chi connectivity index (χ4v) is 6.28. The van der Waals surface area contributed by atoms with Crippen molar-refractivity contribution in [3.05, 3.63) is 129 Å². The fraction of sp³-hybridized carbons (Fsp3) is 0.242. The molecule has 1 saturated heterocycles. The van der Waals surface area contributed by atoms with Crippen LogP contribution >= 0.6 is 9.69 Å². The molecule has 0 amide bonds. The molecule has 0 bridgehead atoms. The van der Waals surface area contributed by atoms with Crippen molar-refractivity contribution in [2.24, 2.45) is 0 Å². The largest absolute Gasteiger partial charge is 0.265 e. The Morgan fingerprint density at radius 2 is 1.33 bits per heavy atom. The van der Waals surface area contributed by atoms with E-state index in [1.807, 2.05) is 18.2 Å². The van der Waals surface area contributed by atoms with Crippen molar-refractivity contribution >= 4 is 31.4 Å². The summed E-state index contributed by atoms with van der Waals surface area (Å²) in [6.45, 7) is 17.6. The smallest absolute Gasteiger partial charge is 0.0267 e. The monoisotopic (exact) mass is 674 g/mol. The minimum atomic E-state index is -0.513. The van der Waals surface area contributed by atoms with Crippen molar-refractivity contribution in [1.29, 1.82) is 0 Å². The van der Waals surface area contributed by atoms with Crippen molar-refractivity contribution in [1.82, 2.24) is 4.98 Å². The van der Waals surface area contributed by atoms with Gasteiger partial charge in [-0.25, -0.2) is 0 Å². The van der Waals surface area contributed by atoms with E-state index in [1.54, 1.807) is 17.0 Å². The fourth-order valence-electron chi connectivity index (χ4n) is 5.18. The van der Waals surface area contributed by atoms with Crippen LogP contribution < -0.4 is 9.80 Å². The van der Waals surface area contributed by atoms with Gasteiger partial charge in [0.2, 0.25) is 0 Å². The normalized spacial score (nSPS) is 12.6. The van der Waals surface area contributed by atoms with Crippen molar-refractivity contribution < 1.29 is 25.7 Å². The zero-order valence-corrected chi connectivity index (χ0v) is 27.3. The first kappa shape index (κ1) is 32.9. The molecule has 5 rings (SSSR count). The summed E-state index contributed by atoms with van der Waals surface area (Å²) >= 11 is -0.500. The molecule has 0 aliphatic carbocycles. The Labute approximate surface area is 260 Å². The molecule has 1 aliphatic rings. The van der Waals surface area contributed by atoms with Gasteiger partial charge in [0, 0.05) is 36.9 Å². The van der Waals surface area contributed by atoms with E-state index < -0.39 is 20.6 Å². The number of benzene rings is 3. The number of halogens is 1. The van der Waals surface area contributed by atoms with Crippen LogP contribution in [0.25, 0.3) is 0 Å². The topological polar surface area (TPSA) is 82.7 Å². The van der Waals surface area contributed by atoms with Crippen LogP contribution in [0.15, 0.2) is 73.1 Å². The van der Waals surface area contributed by atoms with Gasteiger partial charge in [0.1, 0.15) is 0 Å². The molecule has 0 saturated carbocycles. The molecule has 0 spiro atoms. The maximum absolute atomic E-state index is 10.4. The first-order chi connectivity index (χ1) is 20.0. The SMILES string of the molecule is Cc1cc(C)c(N2[CH-]N(c3c(C)cc(C)cc3C)CC2)c(C)c1.O=[N+]([O-])c1ccc(O)c([CH]=[Ru][Cl])c1.c1ccncc1. The maximum Gasteiger partial charge on any atom is 0.0267 e. The molecule has 0 atom stereocenters. The Morgan fingerprint density at radius 1 is 0.857 bits per heavy atom. The number of non-ortho nitro benzene ring substituents is 1. The molecule has 223 valence electrons. The van der Waals surface area contributed by atoms with Crippen LogP contribution in [0.2, 0.25) is 0 Å². The van der Waals surface area contributed by atoms with Crippen molar-refractivity contribution in [3.63, 3.8) is 0 Å². The number of anilines is 2. The van der Waals surface area contributed by atoms with E-state index in [-0.39, 0.29) is 11.4 Å². The van der Waals surface area contributed by atoms with Crippen LogP contribution in [-0.4, -0.2) is 32.7 Å². The van der Waals surface area contributed by atoms with E-state index in [2.05, 4.69) is 87.3 Å². The van der Waals surface area contributed by atoms with Crippen molar-refractivity contribution in [3.8, 4) is 5.75 Å². The van der Waals surface area contributed by atoms with Crippen molar-refractivity contribution in [2.75, 3.05) is 22.9 Å². The van der Waals surface area contributed by atoms with Gasteiger partial charge in [0.05, 0.1) is 0 Å². The Balaban J connectivity index is 0.000000212. The average molecular weight is 674 g/mol. The molecule has 42 heavy (non-hydrogen) atoms. The maximum atomic E-state index is 10.4. The van der Waals surface area contributed by atoms with E-state index in [4.69, 9.17) is 9.69 Å². The molecular weight excluding hydrogens is 637 g/mol. The van der Waals surface area contributed by atoms with Crippen LogP contribution in [0.4, 0.5) is 17.1 Å². The molecule has 0 unspecified atom stereocenters. The molecule has 7 nitrogen and oxygen atoms in total. The number of rotatable bonds is 4. The molecule has 1 N–H and O–H groups in total. The number of nitro benzene ring substituents is 1. The zero-order chi connectivity index (χ0) is 30.8. The van der Waals surface area contributed by atoms with E-state index in [0.29, 0.717) is 5.56 Å². The van der Waals surface area contributed by atoms with Gasteiger partial charge in [-0.05, 0) is 75.9 Å². The Kier molecular flexibility index (Phi) is 12.2. The standard InChI is InChI=1S/C21H27N2.C7H5NO3.C5H5N.ClH.Ru/c1-14-9-16(3)20(17(4)10-14)22-7-8-23(13-22)21-18(5)11-15(2)12-19(21)6;1-5-4-6(8(10)11)2-3-7(5)9;1-2-4-6-5-3-1;;/h9-13H,7-8H2,1-6H3;1-4,9H;1-5H;1H;/q-1;;;;+1/p-1. The third kappa shape index (κ3) is 8.94. The molecule has 3 aromatic carbocycles. The summed E-state index contributed by atoms with van der Waals surface area (Å²) in [6.07, 6.45) is 3.50. The second-order valence-corrected chi connectivity index (χ2v) is 12.0. The Hall–Kier alpha value is -3.61. The number of aryl methyl sites for hydroxylation is 6. The van der Waals surface area contributed by atoms with Gasteiger partial charge in [-0.1, -0.05) is 41.5 Å². The van der Waals surface area contributed by atoms with Crippen LogP contribution in [0.1, 0.15) is 38.9 Å². The van der Waals surface area contributed by atoms with E-state index >= 15 is 0 Å². The van der Waals surface area contributed by atoms with E-state index in [1.165, 1.54) is 63.0 Å². The second kappa shape index (κ2) is 15.6. The summed E-state index contributed by atoms with van der Waals surface area (Å²) in [4.78, 5) is 18.4. The van der Waals surface area contributed by atoms with Gasteiger partial charge in [0.15, 0.2) is 0 Å². The Morgan fingerprint density at radius 3 is 1.69 bits per heavy atom. The summed E-state index contributed by atoms with van der Waals surface area (Å²) in [6, 6.07) is 18.7. The first-order valence-corrected chi connectivity index (χ1v) is 16.7. The van der Waals surface area contributed by atoms with Crippen LogP contribution in [0.3, 0.4) is 0 Å². The number of phenolic OH excluding ortho intramolecular Hbond substituents is 1. The van der Waals surface area contributed by atoms with Gasteiger partial charge in [-0.2, -0.15) is 6.67 Å². The summed E-state index contributed by atoms with van der Waals surface area (Å²) < 4.78 is 1.59. The minimum absolute atomic E-state index is 0.0144. The number of hydrogen-bond acceptors (Lipinski definition) is 6. The molecule has 2 heterocycles. The molecule has 1 fully saturated rings. The van der Waals surface area contributed by atoms with Gasteiger partial charge in [-0.3, -0.25) is 4.98 Å². The predicted octanol–water partition coefficient (Wildman–Crippen LogP) is 7.75. The minimum Gasteiger partial charge on any atom is -0.265 e. The van der Waals surface area contributed by atoms with Crippen LogP contribution in [0, 0.1) is 58.3 Å². The third-order valence-corrected chi connectivity index (χ3v) is 7.83. The number of hydrogen-bond donors (Lipinski definition) is 1. The first-order valence-electron chi connectivity index (χ1n) is 13.4. The zero-order valence-electron chi connectivity index (χ0n) is 24.8. The van der Waals surface area contributed by atoms with Crippen molar-refractivity contribution in [2.45, 2.75) is 41.5 Å². The molecule has 4 aromatic rings. The molecule has 9 heteroatoms. The number of nitro groups is 1. The number of aromatic hydroxyl groups is 1. The average Bonchev–Trinajstić information content (AvgIpc) is 3.39. The van der Waals surface area contributed by atoms with Gasteiger partial charge < -0.3 is 9.80 Å². The second-order valence-electron chi connectivity index (χ2n) is 10.2. The van der Waals surface area contributed by atoms with Crippen LogP contribution in [0.5, 0.6) is 5.75 Å². The summed E-state index contributed by atoms with van der Waals surface area (Å²) in [5.41, 5.74) is 11.2. The quantitative estimate of drug-likeness (QED) is 0.103. The molecular formula is C33H37ClN4O3Ru-. The molecule has 0 radical (unpaired) electrons. The van der Waals surface area contributed by atoms with Crippen LogP contribution in [-0.2, 0) is 15.7 Å². The predicted molar refractivity (Wildman–Crippen MR) is 170 cm³/mol. The molecule has 1 aromatic heterocycles. The summed E-state index contributed by atoms with van der Waals surface area (Å²) in [7, 11) is 5.49.